The van der Waals surface area contributed by atoms with Crippen molar-refractivity contribution in [2.45, 2.75) is 45.4 Å². The average Bonchev–Trinajstić information content (AvgIpc) is 2.80. The summed E-state index contributed by atoms with van der Waals surface area (Å²) in [4.78, 5) is 40.3. The molecule has 1 saturated carbocycles. The van der Waals surface area contributed by atoms with Crippen LogP contribution in [0.3, 0.4) is 0 Å². The number of hydrogen-bond acceptors (Lipinski definition) is 6. The Morgan fingerprint density at radius 1 is 1.00 bits per heavy atom. The van der Waals surface area contributed by atoms with Crippen LogP contribution < -0.4 is 0 Å². The molecule has 0 radical (unpaired) electrons. The zero-order valence-electron chi connectivity index (χ0n) is 16.9. The van der Waals surface area contributed by atoms with E-state index in [-0.39, 0.29) is 29.1 Å². The number of carbonyl (C=O) groups is 2. The third-order valence-corrected chi connectivity index (χ3v) is 5.34. The van der Waals surface area contributed by atoms with Crippen LogP contribution in [-0.4, -0.2) is 22.4 Å². The number of benzene rings is 2. The molecule has 0 spiro atoms. The summed E-state index contributed by atoms with van der Waals surface area (Å²) in [5.74, 6) is -0.775. The zero-order chi connectivity index (χ0) is 21.5. The molecule has 0 aromatic heterocycles. The molecule has 156 valence electrons. The molecule has 0 amide bonds. The molecule has 0 bridgehead atoms. The van der Waals surface area contributed by atoms with Gasteiger partial charge in [-0.2, -0.15) is 0 Å². The quantitative estimate of drug-likeness (QED) is 0.203. The maximum atomic E-state index is 12.7. The SMILES string of the molecule is CC/C(=N/OC(=O)C1CCCCC1)C(=O)c1ccc(-c2ccc([N+](=O)[O-])cc2)cc1. The number of oxime groups is 1. The van der Waals surface area contributed by atoms with Crippen LogP contribution >= 0.6 is 0 Å². The molecule has 7 heteroatoms. The van der Waals surface area contributed by atoms with E-state index in [9.17, 15) is 19.7 Å². The van der Waals surface area contributed by atoms with Crippen LogP contribution in [-0.2, 0) is 9.63 Å². The zero-order valence-corrected chi connectivity index (χ0v) is 16.9. The Hall–Kier alpha value is -3.35. The first-order chi connectivity index (χ1) is 14.5. The van der Waals surface area contributed by atoms with Crippen LogP contribution in [0.25, 0.3) is 11.1 Å². The molecule has 1 aliphatic carbocycles. The third kappa shape index (κ3) is 5.17. The van der Waals surface area contributed by atoms with E-state index >= 15 is 0 Å². The minimum absolute atomic E-state index is 0.0251. The molecule has 0 N–H and O–H groups in total. The summed E-state index contributed by atoms with van der Waals surface area (Å²) in [6.07, 6.45) is 5.15. The number of nitrogens with zero attached hydrogens (tertiary/aromatic N) is 2. The van der Waals surface area contributed by atoms with E-state index in [4.69, 9.17) is 4.84 Å². The Kier molecular flexibility index (Phi) is 7.06. The fourth-order valence-corrected chi connectivity index (χ4v) is 3.54. The molecule has 0 aliphatic heterocycles. The van der Waals surface area contributed by atoms with E-state index in [0.717, 1.165) is 43.2 Å². The smallest absolute Gasteiger partial charge is 0.318 e. The van der Waals surface area contributed by atoms with E-state index in [1.165, 1.54) is 12.1 Å². The highest BCUT2D eigenvalue weighted by Gasteiger charge is 2.23. The van der Waals surface area contributed by atoms with Gasteiger partial charge in [-0.1, -0.05) is 55.6 Å². The number of nitro benzene ring substituents is 1. The highest BCUT2D eigenvalue weighted by atomic mass is 16.7. The minimum Gasteiger partial charge on any atom is -0.318 e. The first-order valence-corrected chi connectivity index (χ1v) is 10.2. The number of Topliss-reactive ketones (excluding diaryl/α,β-unsaturated/α-hetero) is 1. The Labute approximate surface area is 174 Å². The van der Waals surface area contributed by atoms with Gasteiger partial charge in [-0.3, -0.25) is 14.9 Å². The first-order valence-electron chi connectivity index (χ1n) is 10.2. The van der Waals surface area contributed by atoms with Crippen LogP contribution in [0.2, 0.25) is 0 Å². The van der Waals surface area contributed by atoms with Crippen LogP contribution in [0.15, 0.2) is 53.7 Å². The van der Waals surface area contributed by atoms with Crippen molar-refractivity contribution in [3.63, 3.8) is 0 Å². The fraction of sp³-hybridized carbons (Fsp3) is 0.348. The van der Waals surface area contributed by atoms with E-state index < -0.39 is 4.92 Å². The van der Waals surface area contributed by atoms with Crippen molar-refractivity contribution in [1.29, 1.82) is 0 Å². The maximum Gasteiger partial charge on any atom is 0.338 e. The van der Waals surface area contributed by atoms with Crippen LogP contribution in [0.5, 0.6) is 0 Å². The number of nitro groups is 1. The summed E-state index contributed by atoms with van der Waals surface area (Å²) < 4.78 is 0. The minimum atomic E-state index is -0.446. The molecular weight excluding hydrogens is 384 g/mol. The van der Waals surface area contributed by atoms with Crippen LogP contribution in [0, 0.1) is 16.0 Å². The Morgan fingerprint density at radius 3 is 2.10 bits per heavy atom. The van der Waals surface area contributed by atoms with Crippen molar-refractivity contribution in [2.24, 2.45) is 11.1 Å². The summed E-state index contributed by atoms with van der Waals surface area (Å²) in [6, 6.07) is 13.1. The summed E-state index contributed by atoms with van der Waals surface area (Å²) in [7, 11) is 0. The summed E-state index contributed by atoms with van der Waals surface area (Å²) >= 11 is 0. The van der Waals surface area contributed by atoms with Gasteiger partial charge in [0.05, 0.1) is 10.8 Å². The van der Waals surface area contributed by atoms with Gasteiger partial charge in [-0.15, -0.1) is 0 Å². The summed E-state index contributed by atoms with van der Waals surface area (Å²) in [5.41, 5.74) is 2.31. The van der Waals surface area contributed by atoms with Gasteiger partial charge in [0, 0.05) is 17.7 Å². The Bertz CT molecular complexity index is 943. The Balaban J connectivity index is 1.68. The van der Waals surface area contributed by atoms with Gasteiger partial charge in [-0.05, 0) is 42.5 Å². The topological polar surface area (TPSA) is 98.9 Å². The lowest BCUT2D eigenvalue weighted by Crippen LogP contribution is -2.20. The lowest BCUT2D eigenvalue weighted by molar-refractivity contribution is -0.384. The number of non-ortho nitro benzene ring substituents is 1. The van der Waals surface area contributed by atoms with Crippen molar-refractivity contribution in [2.75, 3.05) is 0 Å². The molecule has 0 heterocycles. The second-order valence-electron chi connectivity index (χ2n) is 7.35. The monoisotopic (exact) mass is 408 g/mol. The molecule has 1 aliphatic rings. The van der Waals surface area contributed by atoms with Gasteiger partial charge >= 0.3 is 5.97 Å². The van der Waals surface area contributed by atoms with Crippen LogP contribution in [0.1, 0.15) is 55.8 Å². The number of hydrogen-bond donors (Lipinski definition) is 0. The lowest BCUT2D eigenvalue weighted by Gasteiger charge is -2.18. The molecule has 1 fully saturated rings. The van der Waals surface area contributed by atoms with Crippen molar-refractivity contribution >= 4 is 23.2 Å². The number of ketones is 1. The molecule has 7 nitrogen and oxygen atoms in total. The molecule has 2 aromatic carbocycles. The Morgan fingerprint density at radius 2 is 1.57 bits per heavy atom. The predicted molar refractivity (Wildman–Crippen MR) is 113 cm³/mol. The van der Waals surface area contributed by atoms with Gasteiger partial charge in [0.15, 0.2) is 0 Å². The molecule has 2 aromatic rings. The van der Waals surface area contributed by atoms with Gasteiger partial charge in [0.2, 0.25) is 5.78 Å². The second-order valence-corrected chi connectivity index (χ2v) is 7.35. The van der Waals surface area contributed by atoms with Gasteiger partial charge < -0.3 is 4.84 Å². The average molecular weight is 408 g/mol. The number of carbonyl (C=O) groups excluding carboxylic acids is 2. The maximum absolute atomic E-state index is 12.7. The molecule has 0 atom stereocenters. The van der Waals surface area contributed by atoms with Crippen molar-refractivity contribution in [1.82, 2.24) is 0 Å². The predicted octanol–water partition coefficient (Wildman–Crippen LogP) is 5.33. The van der Waals surface area contributed by atoms with Gasteiger partial charge in [0.25, 0.3) is 5.69 Å². The molecule has 30 heavy (non-hydrogen) atoms. The molecule has 0 unspecified atom stereocenters. The van der Waals surface area contributed by atoms with Crippen molar-refractivity contribution in [3.8, 4) is 11.1 Å². The van der Waals surface area contributed by atoms with Gasteiger partial charge in [0.1, 0.15) is 5.71 Å². The standard InChI is InChI=1S/C23H24N2O5/c1-2-21(24-30-23(27)19-6-4-3-5-7-19)22(26)18-10-8-16(9-11-18)17-12-14-20(15-13-17)25(28)29/h8-15,19H,2-7H2,1H3/b24-21-. The second kappa shape index (κ2) is 9.91. The van der Waals surface area contributed by atoms with E-state index in [1.54, 1.807) is 43.3 Å². The largest absolute Gasteiger partial charge is 0.338 e. The fourth-order valence-electron chi connectivity index (χ4n) is 3.54. The van der Waals surface area contributed by atoms with E-state index in [0.29, 0.717) is 12.0 Å². The molecular formula is C23H24N2O5. The number of rotatable bonds is 7. The highest BCUT2D eigenvalue weighted by molar-refractivity contribution is 6.45. The van der Waals surface area contributed by atoms with Crippen LogP contribution in [0.4, 0.5) is 5.69 Å². The van der Waals surface area contributed by atoms with E-state index in [1.807, 2.05) is 0 Å². The summed E-state index contributed by atoms with van der Waals surface area (Å²) in [5, 5.41) is 14.6. The lowest BCUT2D eigenvalue weighted by atomic mass is 9.89. The first kappa shape index (κ1) is 21.4. The molecule has 0 saturated heterocycles. The van der Waals surface area contributed by atoms with Gasteiger partial charge in [-0.25, -0.2) is 4.79 Å². The summed E-state index contributed by atoms with van der Waals surface area (Å²) in [6.45, 7) is 1.79. The van der Waals surface area contributed by atoms with Crippen molar-refractivity contribution < 1.29 is 19.3 Å². The van der Waals surface area contributed by atoms with E-state index in [2.05, 4.69) is 5.16 Å². The third-order valence-electron chi connectivity index (χ3n) is 5.34. The van der Waals surface area contributed by atoms with Crippen molar-refractivity contribution in [3.05, 3.63) is 64.2 Å². The molecule has 3 rings (SSSR count). The highest BCUT2D eigenvalue weighted by Crippen LogP contribution is 2.25. The normalized spacial score (nSPS) is 14.9.